The highest BCUT2D eigenvalue weighted by molar-refractivity contribution is 7.91. The van der Waals surface area contributed by atoms with Crippen molar-refractivity contribution in [2.75, 3.05) is 11.9 Å². The van der Waals surface area contributed by atoms with Crippen LogP contribution in [0.5, 0.6) is 0 Å². The monoisotopic (exact) mass is 388 g/mol. The molecule has 0 fully saturated rings. The number of amides is 1. The Labute approximate surface area is 155 Å². The van der Waals surface area contributed by atoms with E-state index < -0.39 is 15.7 Å². The Bertz CT molecular complexity index is 1020. The number of furan rings is 1. The van der Waals surface area contributed by atoms with Gasteiger partial charge in [-0.2, -0.15) is 0 Å². The first-order valence-electron chi connectivity index (χ1n) is 8.09. The molecule has 0 aliphatic rings. The number of carbonyl (C=O) groups is 1. The number of carbonyl (C=O) groups excluding carboxylic acids is 1. The average molecular weight is 388 g/mol. The van der Waals surface area contributed by atoms with E-state index in [4.69, 9.17) is 4.42 Å². The van der Waals surface area contributed by atoms with Crippen LogP contribution in [-0.2, 0) is 21.2 Å². The summed E-state index contributed by atoms with van der Waals surface area (Å²) in [4.78, 5) is 11.8. The molecule has 0 atom stereocenters. The molecule has 0 bridgehead atoms. The third kappa shape index (κ3) is 4.53. The molecule has 27 heavy (non-hydrogen) atoms. The molecule has 8 heteroatoms. The van der Waals surface area contributed by atoms with Gasteiger partial charge in [0.25, 0.3) is 0 Å². The van der Waals surface area contributed by atoms with Gasteiger partial charge in [0.15, 0.2) is 0 Å². The Kier molecular flexibility index (Phi) is 5.56. The van der Waals surface area contributed by atoms with Crippen molar-refractivity contribution in [3.05, 3.63) is 78.5 Å². The minimum atomic E-state index is -3.94. The molecule has 1 heterocycles. The van der Waals surface area contributed by atoms with Crippen LogP contribution in [0.3, 0.4) is 0 Å². The van der Waals surface area contributed by atoms with E-state index in [2.05, 4.69) is 10.6 Å². The Balaban J connectivity index is 1.75. The van der Waals surface area contributed by atoms with Crippen molar-refractivity contribution in [1.29, 1.82) is 0 Å². The first kappa shape index (κ1) is 18.7. The molecule has 0 saturated heterocycles. The lowest BCUT2D eigenvalue weighted by atomic mass is 10.3. The second-order valence-corrected chi connectivity index (χ2v) is 7.58. The van der Waals surface area contributed by atoms with Crippen LogP contribution in [0, 0.1) is 5.82 Å². The van der Waals surface area contributed by atoms with Crippen LogP contribution in [0.4, 0.5) is 10.1 Å². The van der Waals surface area contributed by atoms with Crippen LogP contribution in [0.2, 0.25) is 0 Å². The zero-order chi connectivity index (χ0) is 19.3. The van der Waals surface area contributed by atoms with E-state index in [0.717, 1.165) is 12.1 Å². The van der Waals surface area contributed by atoms with Gasteiger partial charge in [-0.05, 0) is 42.5 Å². The molecular weight excluding hydrogens is 371 g/mol. The third-order valence-corrected chi connectivity index (χ3v) is 5.58. The van der Waals surface area contributed by atoms with E-state index >= 15 is 0 Å². The molecule has 0 spiro atoms. The fourth-order valence-corrected chi connectivity index (χ4v) is 3.89. The average Bonchev–Trinajstić information content (AvgIpc) is 3.19. The van der Waals surface area contributed by atoms with Crippen molar-refractivity contribution >= 4 is 21.4 Å². The standard InChI is InChI=1S/C19H17FN2O4S/c20-14-8-9-17(21-13-19(23)22-12-15-5-4-10-26-15)18(11-14)27(24,25)16-6-2-1-3-7-16/h1-11,21H,12-13H2,(H,22,23). The van der Waals surface area contributed by atoms with Crippen LogP contribution in [0.25, 0.3) is 0 Å². The third-order valence-electron chi connectivity index (χ3n) is 3.77. The molecule has 0 radical (unpaired) electrons. The molecular formula is C19H17FN2O4S. The molecule has 0 unspecified atom stereocenters. The normalized spacial score (nSPS) is 11.1. The zero-order valence-corrected chi connectivity index (χ0v) is 15.0. The maximum absolute atomic E-state index is 13.7. The van der Waals surface area contributed by atoms with Crippen LogP contribution in [0.1, 0.15) is 5.76 Å². The highest BCUT2D eigenvalue weighted by Gasteiger charge is 2.22. The molecule has 1 amide bonds. The molecule has 0 aliphatic carbocycles. The smallest absolute Gasteiger partial charge is 0.239 e. The second-order valence-electron chi connectivity index (χ2n) is 5.67. The summed E-state index contributed by atoms with van der Waals surface area (Å²) < 4.78 is 44.4. The van der Waals surface area contributed by atoms with Crippen molar-refractivity contribution in [2.24, 2.45) is 0 Å². The molecule has 2 aromatic carbocycles. The maximum Gasteiger partial charge on any atom is 0.239 e. The van der Waals surface area contributed by atoms with E-state index in [-0.39, 0.29) is 34.5 Å². The SMILES string of the molecule is O=C(CNc1ccc(F)cc1S(=O)(=O)c1ccccc1)NCc1ccco1. The number of anilines is 1. The summed E-state index contributed by atoms with van der Waals surface area (Å²) in [7, 11) is -3.94. The lowest BCUT2D eigenvalue weighted by Crippen LogP contribution is -2.29. The van der Waals surface area contributed by atoms with Gasteiger partial charge in [0.05, 0.1) is 34.8 Å². The van der Waals surface area contributed by atoms with Gasteiger partial charge in [-0.1, -0.05) is 18.2 Å². The van der Waals surface area contributed by atoms with Gasteiger partial charge in [0.1, 0.15) is 11.6 Å². The summed E-state index contributed by atoms with van der Waals surface area (Å²) in [6.45, 7) is 0.0375. The first-order valence-corrected chi connectivity index (χ1v) is 9.58. The molecule has 2 N–H and O–H groups in total. The number of rotatable bonds is 7. The van der Waals surface area contributed by atoms with Crippen molar-refractivity contribution in [2.45, 2.75) is 16.3 Å². The Morgan fingerprint density at radius 3 is 2.52 bits per heavy atom. The van der Waals surface area contributed by atoms with Gasteiger partial charge in [-0.3, -0.25) is 4.79 Å². The summed E-state index contributed by atoms with van der Waals surface area (Å²) in [6, 6.07) is 14.5. The van der Waals surface area contributed by atoms with Crippen LogP contribution < -0.4 is 10.6 Å². The topological polar surface area (TPSA) is 88.4 Å². The highest BCUT2D eigenvalue weighted by atomic mass is 32.2. The van der Waals surface area contributed by atoms with Gasteiger partial charge in [0.2, 0.25) is 15.7 Å². The van der Waals surface area contributed by atoms with E-state index in [1.807, 2.05) is 0 Å². The molecule has 0 aliphatic heterocycles. The number of sulfone groups is 1. The minimum Gasteiger partial charge on any atom is -0.467 e. The van der Waals surface area contributed by atoms with Gasteiger partial charge in [-0.25, -0.2) is 12.8 Å². The first-order chi connectivity index (χ1) is 13.0. The number of benzene rings is 2. The number of nitrogens with one attached hydrogen (secondary N) is 2. The van der Waals surface area contributed by atoms with Gasteiger partial charge >= 0.3 is 0 Å². The summed E-state index contributed by atoms with van der Waals surface area (Å²) in [6.07, 6.45) is 1.50. The fourth-order valence-electron chi connectivity index (χ4n) is 2.43. The van der Waals surface area contributed by atoms with E-state index in [9.17, 15) is 17.6 Å². The quantitative estimate of drug-likeness (QED) is 0.650. The van der Waals surface area contributed by atoms with Crippen LogP contribution in [0.15, 0.2) is 81.1 Å². The largest absolute Gasteiger partial charge is 0.467 e. The van der Waals surface area contributed by atoms with Gasteiger partial charge < -0.3 is 15.1 Å². The zero-order valence-electron chi connectivity index (χ0n) is 14.2. The Morgan fingerprint density at radius 2 is 1.81 bits per heavy atom. The molecule has 3 aromatic rings. The van der Waals surface area contributed by atoms with Gasteiger partial charge in [0, 0.05) is 0 Å². The summed E-state index contributed by atoms with van der Waals surface area (Å²) >= 11 is 0. The van der Waals surface area contributed by atoms with E-state index in [0.29, 0.717) is 5.76 Å². The van der Waals surface area contributed by atoms with Crippen LogP contribution in [-0.4, -0.2) is 20.9 Å². The predicted octanol–water partition coefficient (Wildman–Crippen LogP) is 2.98. The van der Waals surface area contributed by atoms with E-state index in [1.165, 1.54) is 24.5 Å². The molecule has 140 valence electrons. The number of hydrogen-bond acceptors (Lipinski definition) is 5. The van der Waals surface area contributed by atoms with E-state index in [1.54, 1.807) is 30.3 Å². The number of halogens is 1. The summed E-state index contributed by atoms with van der Waals surface area (Å²) in [5.41, 5.74) is 0.147. The second kappa shape index (κ2) is 8.05. The highest BCUT2D eigenvalue weighted by Crippen LogP contribution is 2.28. The molecule has 6 nitrogen and oxygen atoms in total. The minimum absolute atomic E-state index is 0.0425. The Morgan fingerprint density at radius 1 is 1.04 bits per heavy atom. The fraction of sp³-hybridized carbons (Fsp3) is 0.105. The number of hydrogen-bond donors (Lipinski definition) is 2. The maximum atomic E-state index is 13.7. The lowest BCUT2D eigenvalue weighted by Gasteiger charge is -2.13. The molecule has 0 saturated carbocycles. The molecule has 1 aromatic heterocycles. The summed E-state index contributed by atoms with van der Waals surface area (Å²) in [5.74, 6) is -0.450. The van der Waals surface area contributed by atoms with Crippen molar-refractivity contribution in [3.8, 4) is 0 Å². The Hall–Kier alpha value is -3.13. The molecule has 3 rings (SSSR count). The predicted molar refractivity (Wildman–Crippen MR) is 97.3 cm³/mol. The van der Waals surface area contributed by atoms with Crippen LogP contribution >= 0.6 is 0 Å². The van der Waals surface area contributed by atoms with Gasteiger partial charge in [-0.15, -0.1) is 0 Å². The van der Waals surface area contributed by atoms with Crippen molar-refractivity contribution < 1.29 is 22.0 Å². The lowest BCUT2D eigenvalue weighted by molar-refractivity contribution is -0.119. The summed E-state index contributed by atoms with van der Waals surface area (Å²) in [5, 5.41) is 5.40. The van der Waals surface area contributed by atoms with Crippen molar-refractivity contribution in [3.63, 3.8) is 0 Å². The van der Waals surface area contributed by atoms with Crippen molar-refractivity contribution in [1.82, 2.24) is 5.32 Å².